The molecule has 1 aromatic rings. The van der Waals surface area contributed by atoms with Gasteiger partial charge in [0, 0.05) is 24.6 Å². The Morgan fingerprint density at radius 2 is 2.10 bits per heavy atom. The first-order chi connectivity index (χ1) is 10.1. The lowest BCUT2D eigenvalue weighted by molar-refractivity contribution is 0.0931. The zero-order valence-corrected chi connectivity index (χ0v) is 13.0. The van der Waals surface area contributed by atoms with Crippen molar-refractivity contribution in [3.8, 4) is 0 Å². The van der Waals surface area contributed by atoms with Crippen molar-refractivity contribution < 1.29 is 9.18 Å². The predicted molar refractivity (Wildman–Crippen MR) is 83.1 cm³/mol. The minimum absolute atomic E-state index is 0.0207. The van der Waals surface area contributed by atoms with Gasteiger partial charge in [-0.25, -0.2) is 4.39 Å². The number of carbonyl (C=O) groups excluding carboxylic acids is 1. The summed E-state index contributed by atoms with van der Waals surface area (Å²) >= 11 is 0. The van der Waals surface area contributed by atoms with E-state index in [1.165, 1.54) is 25.0 Å². The van der Waals surface area contributed by atoms with Crippen molar-refractivity contribution in [2.75, 3.05) is 33.2 Å². The Labute approximate surface area is 126 Å². The fourth-order valence-corrected chi connectivity index (χ4v) is 2.94. The molecule has 0 N–H and O–H groups in total. The van der Waals surface area contributed by atoms with E-state index in [0.717, 1.165) is 26.2 Å². The summed E-state index contributed by atoms with van der Waals surface area (Å²) < 4.78 is 13.1. The Morgan fingerprint density at radius 3 is 2.71 bits per heavy atom. The summed E-state index contributed by atoms with van der Waals surface area (Å²) in [7, 11) is 2.09. The lowest BCUT2D eigenvalue weighted by Crippen LogP contribution is -2.43. The number of carbonyl (C=O) groups is 1. The van der Waals surface area contributed by atoms with Crippen LogP contribution in [0.5, 0.6) is 0 Å². The van der Waals surface area contributed by atoms with E-state index in [9.17, 15) is 9.18 Å². The van der Waals surface area contributed by atoms with Gasteiger partial charge in [-0.2, -0.15) is 0 Å². The van der Waals surface area contributed by atoms with Crippen LogP contribution in [0.2, 0.25) is 0 Å². The number of hydrogen-bond acceptors (Lipinski definition) is 3. The number of halogens is 1. The van der Waals surface area contributed by atoms with Gasteiger partial charge >= 0.3 is 0 Å². The van der Waals surface area contributed by atoms with Gasteiger partial charge in [0.25, 0.3) is 0 Å². The molecule has 116 valence electrons. The van der Waals surface area contributed by atoms with E-state index < -0.39 is 0 Å². The lowest BCUT2D eigenvalue weighted by atomic mass is 10.0. The van der Waals surface area contributed by atoms with Gasteiger partial charge in [-0.3, -0.25) is 4.79 Å². The van der Waals surface area contributed by atoms with Crippen LogP contribution in [-0.2, 0) is 0 Å². The second-order valence-corrected chi connectivity index (χ2v) is 5.83. The second-order valence-electron chi connectivity index (χ2n) is 5.83. The molecule has 0 radical (unpaired) electrons. The molecule has 1 fully saturated rings. The quantitative estimate of drug-likeness (QED) is 0.753. The van der Waals surface area contributed by atoms with Crippen LogP contribution in [-0.4, -0.2) is 54.9 Å². The normalized spacial score (nSPS) is 17.3. The van der Waals surface area contributed by atoms with Crippen molar-refractivity contribution in [3.63, 3.8) is 0 Å². The van der Waals surface area contributed by atoms with E-state index in [0.29, 0.717) is 18.0 Å². The number of benzene rings is 1. The monoisotopic (exact) mass is 292 g/mol. The summed E-state index contributed by atoms with van der Waals surface area (Å²) in [6.45, 7) is 6.34. The molecule has 0 saturated carbocycles. The minimum Gasteiger partial charge on any atom is -0.303 e. The number of Topliss-reactive ketones (excluding diaryl/α,β-unsaturated/α-hetero) is 1. The molecule has 0 bridgehead atoms. The molecule has 4 heteroatoms. The number of nitrogens with zero attached hydrogens (tertiary/aromatic N) is 2. The van der Waals surface area contributed by atoms with Crippen molar-refractivity contribution in [1.82, 2.24) is 9.80 Å². The van der Waals surface area contributed by atoms with Crippen LogP contribution in [0.25, 0.3) is 0 Å². The van der Waals surface area contributed by atoms with E-state index in [1.54, 1.807) is 12.1 Å². The highest BCUT2D eigenvalue weighted by Crippen LogP contribution is 2.16. The summed E-state index contributed by atoms with van der Waals surface area (Å²) in [5.41, 5.74) is 0.476. The largest absolute Gasteiger partial charge is 0.303 e. The molecular formula is C17H25FN2O. The molecule has 0 spiro atoms. The molecule has 3 nitrogen and oxygen atoms in total. The summed E-state index contributed by atoms with van der Waals surface area (Å²) in [4.78, 5) is 16.8. The molecule has 0 unspecified atom stereocenters. The molecule has 1 heterocycles. The lowest BCUT2D eigenvalue weighted by Gasteiger charge is -2.36. The number of rotatable bonds is 6. The molecule has 0 atom stereocenters. The average Bonchev–Trinajstić information content (AvgIpc) is 2.52. The van der Waals surface area contributed by atoms with Gasteiger partial charge in [0.15, 0.2) is 5.78 Å². The van der Waals surface area contributed by atoms with E-state index >= 15 is 0 Å². The maximum atomic E-state index is 13.1. The van der Waals surface area contributed by atoms with Crippen LogP contribution in [0.3, 0.4) is 0 Å². The minimum atomic E-state index is -0.346. The summed E-state index contributed by atoms with van der Waals surface area (Å²) in [6, 6.07) is 6.53. The smallest absolute Gasteiger partial charge is 0.164 e. The summed E-state index contributed by atoms with van der Waals surface area (Å²) in [5.74, 6) is -0.325. The molecule has 1 aromatic carbocycles. The van der Waals surface area contributed by atoms with E-state index in [-0.39, 0.29) is 11.6 Å². The molecule has 2 rings (SSSR count). The number of hydrogen-bond donors (Lipinski definition) is 0. The number of likely N-dealkylation sites (tertiary alicyclic amines) is 1. The third-order valence-electron chi connectivity index (χ3n) is 4.47. The van der Waals surface area contributed by atoms with Crippen LogP contribution < -0.4 is 0 Å². The van der Waals surface area contributed by atoms with Gasteiger partial charge in [0.2, 0.25) is 0 Å². The molecule has 0 aromatic heterocycles. The van der Waals surface area contributed by atoms with Crippen molar-refractivity contribution >= 4 is 5.78 Å². The van der Waals surface area contributed by atoms with Crippen LogP contribution in [0, 0.1) is 5.82 Å². The maximum Gasteiger partial charge on any atom is 0.164 e. The maximum absolute atomic E-state index is 13.1. The van der Waals surface area contributed by atoms with Crippen molar-refractivity contribution in [2.45, 2.75) is 32.2 Å². The van der Waals surface area contributed by atoms with Crippen molar-refractivity contribution in [3.05, 3.63) is 35.6 Å². The van der Waals surface area contributed by atoms with Crippen molar-refractivity contribution in [2.24, 2.45) is 0 Å². The van der Waals surface area contributed by atoms with Gasteiger partial charge in [0.1, 0.15) is 5.82 Å². The first kappa shape index (κ1) is 16.1. The van der Waals surface area contributed by atoms with Crippen molar-refractivity contribution in [1.29, 1.82) is 0 Å². The van der Waals surface area contributed by atoms with E-state index in [2.05, 4.69) is 23.8 Å². The second kappa shape index (κ2) is 7.66. The first-order valence-electron chi connectivity index (χ1n) is 7.81. The molecule has 1 aliphatic heterocycles. The predicted octanol–water partition coefficient (Wildman–Crippen LogP) is 2.81. The van der Waals surface area contributed by atoms with E-state index in [4.69, 9.17) is 0 Å². The van der Waals surface area contributed by atoms with Gasteiger partial charge in [0.05, 0.1) is 0 Å². The van der Waals surface area contributed by atoms with E-state index in [1.807, 2.05) is 0 Å². The fourth-order valence-electron chi connectivity index (χ4n) is 2.94. The van der Waals surface area contributed by atoms with Gasteiger partial charge in [-0.1, -0.05) is 19.1 Å². The standard InChI is InChI=1S/C17H25FN2O/c1-3-20-11-7-16(8-12-20)19(2)10-9-17(21)14-5-4-6-15(18)13-14/h4-6,13,16H,3,7-12H2,1-2H3. The van der Waals surface area contributed by atoms with Gasteiger partial charge < -0.3 is 9.80 Å². The Kier molecular flexibility index (Phi) is 5.88. The molecule has 1 saturated heterocycles. The number of piperidine rings is 1. The summed E-state index contributed by atoms with van der Waals surface area (Å²) in [6.07, 6.45) is 2.78. The van der Waals surface area contributed by atoms with Crippen LogP contribution in [0.1, 0.15) is 36.5 Å². The Balaban J connectivity index is 1.79. The Bertz CT molecular complexity index is 470. The fraction of sp³-hybridized carbons (Fsp3) is 0.588. The van der Waals surface area contributed by atoms with Crippen LogP contribution in [0.4, 0.5) is 4.39 Å². The zero-order chi connectivity index (χ0) is 15.2. The molecule has 21 heavy (non-hydrogen) atoms. The highest BCUT2D eigenvalue weighted by molar-refractivity contribution is 5.96. The molecule has 0 aliphatic carbocycles. The van der Waals surface area contributed by atoms with Gasteiger partial charge in [-0.05, 0) is 51.7 Å². The first-order valence-corrected chi connectivity index (χ1v) is 7.81. The zero-order valence-electron chi connectivity index (χ0n) is 13.0. The van der Waals surface area contributed by atoms with Crippen LogP contribution >= 0.6 is 0 Å². The number of ketones is 1. The van der Waals surface area contributed by atoms with Crippen LogP contribution in [0.15, 0.2) is 24.3 Å². The highest BCUT2D eigenvalue weighted by atomic mass is 19.1. The van der Waals surface area contributed by atoms with Gasteiger partial charge in [-0.15, -0.1) is 0 Å². The SMILES string of the molecule is CCN1CCC(N(C)CCC(=O)c2cccc(F)c2)CC1. The molecule has 0 amide bonds. The Hall–Kier alpha value is -1.26. The Morgan fingerprint density at radius 1 is 1.38 bits per heavy atom. The molecular weight excluding hydrogens is 267 g/mol. The third kappa shape index (κ3) is 4.61. The molecule has 1 aliphatic rings. The average molecular weight is 292 g/mol. The topological polar surface area (TPSA) is 23.6 Å². The highest BCUT2D eigenvalue weighted by Gasteiger charge is 2.21. The third-order valence-corrected chi connectivity index (χ3v) is 4.47. The summed E-state index contributed by atoms with van der Waals surface area (Å²) in [5, 5.41) is 0.